The van der Waals surface area contributed by atoms with E-state index in [0.717, 1.165) is 5.69 Å². The lowest BCUT2D eigenvalue weighted by molar-refractivity contribution is 0.0676. The molecule has 1 heterocycles. The number of hydrogen-bond acceptors (Lipinski definition) is 3. The number of rotatable bonds is 5. The number of hydrogen-bond donors (Lipinski definition) is 2. The van der Waals surface area contributed by atoms with Crippen molar-refractivity contribution in [2.45, 2.75) is 46.3 Å². The van der Waals surface area contributed by atoms with Crippen molar-refractivity contribution >= 4 is 5.97 Å². The van der Waals surface area contributed by atoms with Crippen LogP contribution < -0.4 is 5.32 Å². The van der Waals surface area contributed by atoms with Crippen LogP contribution in [0.1, 0.15) is 50.0 Å². The van der Waals surface area contributed by atoms with Crippen LogP contribution in [0.3, 0.4) is 0 Å². The second-order valence-corrected chi connectivity index (χ2v) is 4.40. The van der Waals surface area contributed by atoms with Crippen molar-refractivity contribution in [2.75, 3.05) is 0 Å². The molecule has 0 amide bonds. The monoisotopic (exact) mass is 225 g/mol. The number of nitrogens with one attached hydrogen (secondary N) is 1. The van der Waals surface area contributed by atoms with Crippen LogP contribution in [0, 0.1) is 0 Å². The van der Waals surface area contributed by atoms with Gasteiger partial charge in [0.05, 0.1) is 5.69 Å². The predicted molar refractivity (Wildman–Crippen MR) is 61.5 cm³/mol. The maximum atomic E-state index is 11.0. The zero-order valence-electron chi connectivity index (χ0n) is 10.2. The van der Waals surface area contributed by atoms with Crippen molar-refractivity contribution < 1.29 is 9.90 Å². The maximum absolute atomic E-state index is 11.0. The molecule has 1 aromatic heterocycles. The third kappa shape index (κ3) is 3.06. The topological polar surface area (TPSA) is 67.2 Å². The lowest BCUT2D eigenvalue weighted by Crippen LogP contribution is -2.22. The highest BCUT2D eigenvalue weighted by Crippen LogP contribution is 2.11. The summed E-state index contributed by atoms with van der Waals surface area (Å²) in [6.45, 7) is 8.55. The van der Waals surface area contributed by atoms with Gasteiger partial charge in [0.1, 0.15) is 0 Å². The van der Waals surface area contributed by atoms with Gasteiger partial charge in [-0.05, 0) is 13.8 Å². The number of carboxylic acids is 1. The van der Waals surface area contributed by atoms with Gasteiger partial charge in [0.15, 0.2) is 0 Å². The van der Waals surface area contributed by atoms with E-state index in [-0.39, 0.29) is 11.9 Å². The first-order chi connectivity index (χ1) is 7.41. The Morgan fingerprint density at radius 1 is 1.50 bits per heavy atom. The van der Waals surface area contributed by atoms with E-state index in [0.29, 0.717) is 12.6 Å². The number of carbonyl (C=O) groups is 1. The van der Waals surface area contributed by atoms with Gasteiger partial charge in [-0.2, -0.15) is 0 Å². The summed E-state index contributed by atoms with van der Waals surface area (Å²) < 4.78 is 1.68. The van der Waals surface area contributed by atoms with Crippen molar-refractivity contribution in [3.8, 4) is 0 Å². The van der Waals surface area contributed by atoms with E-state index >= 15 is 0 Å². The fourth-order valence-electron chi connectivity index (χ4n) is 1.39. The lowest BCUT2D eigenvalue weighted by atomic mass is 10.3. The second-order valence-electron chi connectivity index (χ2n) is 4.40. The summed E-state index contributed by atoms with van der Waals surface area (Å²) in [5, 5.41) is 12.2. The standard InChI is InChI=1S/C11H19N3O2/c1-7(2)12-5-9-6-14(8(3)4)10(13-9)11(15)16/h6-8,12H,5H2,1-4H3,(H,15,16). The van der Waals surface area contributed by atoms with Crippen molar-refractivity contribution in [1.82, 2.24) is 14.9 Å². The minimum Gasteiger partial charge on any atom is -0.475 e. The molecule has 0 aliphatic carbocycles. The summed E-state index contributed by atoms with van der Waals surface area (Å²) in [5.74, 6) is -0.875. The normalized spacial score (nSPS) is 11.4. The molecule has 0 saturated heterocycles. The molecule has 2 N–H and O–H groups in total. The van der Waals surface area contributed by atoms with Crippen molar-refractivity contribution in [2.24, 2.45) is 0 Å². The van der Waals surface area contributed by atoms with Crippen LogP contribution in [0.4, 0.5) is 0 Å². The molecule has 0 radical (unpaired) electrons. The molecule has 16 heavy (non-hydrogen) atoms. The van der Waals surface area contributed by atoms with Crippen molar-refractivity contribution in [3.05, 3.63) is 17.7 Å². The SMILES string of the molecule is CC(C)NCc1cn(C(C)C)c(C(=O)O)n1. The summed E-state index contributed by atoms with van der Waals surface area (Å²) in [7, 11) is 0. The molecule has 0 unspecified atom stereocenters. The summed E-state index contributed by atoms with van der Waals surface area (Å²) in [6, 6.07) is 0.462. The molecule has 90 valence electrons. The highest BCUT2D eigenvalue weighted by atomic mass is 16.4. The van der Waals surface area contributed by atoms with Crippen LogP contribution in [-0.4, -0.2) is 26.7 Å². The quantitative estimate of drug-likeness (QED) is 0.799. The van der Waals surface area contributed by atoms with Gasteiger partial charge in [-0.15, -0.1) is 0 Å². The Balaban J connectivity index is 2.88. The summed E-state index contributed by atoms with van der Waals surface area (Å²) >= 11 is 0. The highest BCUT2D eigenvalue weighted by molar-refractivity contribution is 5.83. The van der Waals surface area contributed by atoms with Crippen LogP contribution in [0.5, 0.6) is 0 Å². The molecule has 0 aliphatic heterocycles. The number of aromatic carboxylic acids is 1. The van der Waals surface area contributed by atoms with E-state index in [1.165, 1.54) is 0 Å². The van der Waals surface area contributed by atoms with E-state index in [4.69, 9.17) is 5.11 Å². The van der Waals surface area contributed by atoms with Gasteiger partial charge in [0.25, 0.3) is 0 Å². The largest absolute Gasteiger partial charge is 0.475 e. The summed E-state index contributed by atoms with van der Waals surface area (Å²) in [6.07, 6.45) is 1.80. The highest BCUT2D eigenvalue weighted by Gasteiger charge is 2.16. The number of carboxylic acid groups (broad SMARTS) is 1. The molecular formula is C11H19N3O2. The van der Waals surface area contributed by atoms with E-state index < -0.39 is 5.97 Å². The second kappa shape index (κ2) is 5.12. The molecule has 0 spiro atoms. The molecule has 1 aromatic rings. The number of aromatic nitrogens is 2. The third-order valence-corrected chi connectivity index (χ3v) is 2.22. The first-order valence-corrected chi connectivity index (χ1v) is 5.46. The van der Waals surface area contributed by atoms with Crippen LogP contribution in [-0.2, 0) is 6.54 Å². The first-order valence-electron chi connectivity index (χ1n) is 5.46. The molecule has 0 fully saturated rings. The smallest absolute Gasteiger partial charge is 0.372 e. The van der Waals surface area contributed by atoms with Crippen LogP contribution in [0.25, 0.3) is 0 Å². The van der Waals surface area contributed by atoms with Gasteiger partial charge in [-0.25, -0.2) is 9.78 Å². The van der Waals surface area contributed by atoms with Gasteiger partial charge < -0.3 is 15.0 Å². The van der Waals surface area contributed by atoms with Gasteiger partial charge >= 0.3 is 5.97 Å². The molecule has 0 aromatic carbocycles. The molecule has 5 nitrogen and oxygen atoms in total. The minimum atomic E-state index is -0.982. The van der Waals surface area contributed by atoms with Crippen LogP contribution in [0.2, 0.25) is 0 Å². The molecule has 0 bridgehead atoms. The Morgan fingerprint density at radius 2 is 2.12 bits per heavy atom. The molecule has 0 aliphatic rings. The first kappa shape index (κ1) is 12.7. The maximum Gasteiger partial charge on any atom is 0.372 e. The van der Waals surface area contributed by atoms with E-state index in [9.17, 15) is 4.79 Å². The minimum absolute atomic E-state index is 0.103. The molecule has 1 rings (SSSR count). The Hall–Kier alpha value is -1.36. The Bertz CT molecular complexity index is 369. The Morgan fingerprint density at radius 3 is 2.50 bits per heavy atom. The van der Waals surface area contributed by atoms with Gasteiger partial charge in [-0.3, -0.25) is 0 Å². The van der Waals surface area contributed by atoms with Crippen LogP contribution >= 0.6 is 0 Å². The van der Waals surface area contributed by atoms with E-state index in [1.54, 1.807) is 10.8 Å². The fourth-order valence-corrected chi connectivity index (χ4v) is 1.39. The van der Waals surface area contributed by atoms with Gasteiger partial charge in [0, 0.05) is 24.8 Å². The number of imidazole rings is 1. The van der Waals surface area contributed by atoms with Gasteiger partial charge in [0.2, 0.25) is 5.82 Å². The van der Waals surface area contributed by atoms with Crippen LogP contribution in [0.15, 0.2) is 6.20 Å². The summed E-state index contributed by atoms with van der Waals surface area (Å²) in [5.41, 5.74) is 0.764. The zero-order valence-corrected chi connectivity index (χ0v) is 10.2. The predicted octanol–water partition coefficient (Wildman–Crippen LogP) is 1.66. The van der Waals surface area contributed by atoms with Gasteiger partial charge in [-0.1, -0.05) is 13.8 Å². The molecular weight excluding hydrogens is 206 g/mol. The van der Waals surface area contributed by atoms with E-state index in [2.05, 4.69) is 10.3 Å². The zero-order chi connectivity index (χ0) is 12.3. The fraction of sp³-hybridized carbons (Fsp3) is 0.636. The Kier molecular flexibility index (Phi) is 4.06. The molecule has 0 saturated carbocycles. The third-order valence-electron chi connectivity index (χ3n) is 2.22. The average molecular weight is 225 g/mol. The lowest BCUT2D eigenvalue weighted by Gasteiger charge is -2.07. The average Bonchev–Trinajstić information content (AvgIpc) is 2.58. The van der Waals surface area contributed by atoms with E-state index in [1.807, 2.05) is 27.7 Å². The van der Waals surface area contributed by atoms with Crippen molar-refractivity contribution in [1.29, 1.82) is 0 Å². The molecule has 5 heteroatoms. The Labute approximate surface area is 95.5 Å². The number of nitrogens with zero attached hydrogens (tertiary/aromatic N) is 2. The summed E-state index contributed by atoms with van der Waals surface area (Å²) in [4.78, 5) is 15.1. The van der Waals surface area contributed by atoms with Crippen molar-refractivity contribution in [3.63, 3.8) is 0 Å². The molecule has 0 atom stereocenters.